The van der Waals surface area contributed by atoms with Crippen molar-refractivity contribution < 1.29 is 4.74 Å². The third-order valence-electron chi connectivity index (χ3n) is 5.36. The Hall–Kier alpha value is -3.52. The van der Waals surface area contributed by atoms with Crippen LogP contribution in [-0.4, -0.2) is 44.0 Å². The molecule has 0 amide bonds. The maximum atomic E-state index is 12.7. The van der Waals surface area contributed by atoms with E-state index in [1.807, 2.05) is 36.5 Å². The van der Waals surface area contributed by atoms with Crippen LogP contribution in [-0.2, 0) is 11.3 Å². The second-order valence-electron chi connectivity index (χ2n) is 7.47. The van der Waals surface area contributed by atoms with Crippen LogP contribution in [0.4, 0.5) is 5.95 Å². The summed E-state index contributed by atoms with van der Waals surface area (Å²) in [6.45, 7) is 2.00. The Balaban J connectivity index is 1.35. The molecule has 1 aliphatic rings. The van der Waals surface area contributed by atoms with Gasteiger partial charge in [0.1, 0.15) is 0 Å². The number of aromatic amines is 1. The van der Waals surface area contributed by atoms with E-state index in [1.54, 1.807) is 23.0 Å². The van der Waals surface area contributed by atoms with Gasteiger partial charge in [-0.3, -0.25) is 9.89 Å². The molecule has 0 radical (unpaired) electrons. The maximum Gasteiger partial charge on any atom is 0.251 e. The van der Waals surface area contributed by atoms with Crippen molar-refractivity contribution >= 4 is 16.9 Å². The number of pyridine rings is 1. The molecule has 30 heavy (non-hydrogen) atoms. The first-order valence-electron chi connectivity index (χ1n) is 10.0. The standard InChI is InChI=1S/C22H22N6O2/c29-21-12-16(19-3-7-23-22(26-19)25-18-5-9-30-10-6-18)4-8-28(21)14-15-1-2-17-13-24-27-20(17)11-15/h1-4,7-8,11-13,18H,5-6,9-10,14H2,(H,24,27)(H,23,25,26). The highest BCUT2D eigenvalue weighted by Crippen LogP contribution is 2.18. The largest absolute Gasteiger partial charge is 0.381 e. The van der Waals surface area contributed by atoms with Crippen LogP contribution in [0.25, 0.3) is 22.2 Å². The van der Waals surface area contributed by atoms with Gasteiger partial charge < -0.3 is 14.6 Å². The van der Waals surface area contributed by atoms with Gasteiger partial charge in [0, 0.05) is 48.7 Å². The van der Waals surface area contributed by atoms with Gasteiger partial charge in [0.15, 0.2) is 0 Å². The van der Waals surface area contributed by atoms with Crippen molar-refractivity contribution in [3.8, 4) is 11.3 Å². The van der Waals surface area contributed by atoms with E-state index in [9.17, 15) is 4.79 Å². The summed E-state index contributed by atoms with van der Waals surface area (Å²) in [6.07, 6.45) is 7.19. The predicted molar refractivity (Wildman–Crippen MR) is 114 cm³/mol. The number of anilines is 1. The molecule has 4 aromatic rings. The molecule has 0 unspecified atom stereocenters. The number of hydrogen-bond acceptors (Lipinski definition) is 6. The predicted octanol–water partition coefficient (Wildman–Crippen LogP) is 2.82. The fourth-order valence-electron chi connectivity index (χ4n) is 3.69. The first-order chi connectivity index (χ1) is 14.7. The molecule has 0 bridgehead atoms. The first kappa shape index (κ1) is 18.5. The lowest BCUT2D eigenvalue weighted by Crippen LogP contribution is -2.28. The zero-order valence-corrected chi connectivity index (χ0v) is 16.4. The van der Waals surface area contributed by atoms with Crippen LogP contribution in [0, 0.1) is 0 Å². The minimum Gasteiger partial charge on any atom is -0.381 e. The van der Waals surface area contributed by atoms with Crippen LogP contribution in [0.1, 0.15) is 18.4 Å². The van der Waals surface area contributed by atoms with Crippen LogP contribution >= 0.6 is 0 Å². The Labute approximate surface area is 173 Å². The Kier molecular flexibility index (Phi) is 4.98. The normalized spacial score (nSPS) is 14.8. The second kappa shape index (κ2) is 8.08. The molecule has 152 valence electrons. The number of aromatic nitrogens is 5. The number of rotatable bonds is 5. The maximum absolute atomic E-state index is 12.7. The molecule has 0 saturated carbocycles. The number of benzene rings is 1. The Morgan fingerprint density at radius 2 is 2.07 bits per heavy atom. The summed E-state index contributed by atoms with van der Waals surface area (Å²) in [6, 6.07) is 11.7. The molecule has 2 N–H and O–H groups in total. The molecule has 1 fully saturated rings. The molecule has 1 saturated heterocycles. The highest BCUT2D eigenvalue weighted by molar-refractivity contribution is 5.78. The van der Waals surface area contributed by atoms with E-state index in [0.717, 1.165) is 53.8 Å². The van der Waals surface area contributed by atoms with E-state index in [4.69, 9.17) is 4.74 Å². The van der Waals surface area contributed by atoms with E-state index in [0.29, 0.717) is 18.5 Å². The van der Waals surface area contributed by atoms with Gasteiger partial charge in [-0.15, -0.1) is 0 Å². The second-order valence-corrected chi connectivity index (χ2v) is 7.47. The van der Waals surface area contributed by atoms with Crippen LogP contribution in [0.5, 0.6) is 0 Å². The molecular weight excluding hydrogens is 380 g/mol. The van der Waals surface area contributed by atoms with Crippen LogP contribution < -0.4 is 10.9 Å². The molecule has 1 aliphatic heterocycles. The van der Waals surface area contributed by atoms with Crippen molar-refractivity contribution in [2.24, 2.45) is 0 Å². The lowest BCUT2D eigenvalue weighted by Gasteiger charge is -2.23. The number of ether oxygens (including phenoxy) is 1. The molecule has 0 aliphatic carbocycles. The third-order valence-corrected chi connectivity index (χ3v) is 5.36. The van der Waals surface area contributed by atoms with Crippen LogP contribution in [0.15, 0.2) is 59.8 Å². The highest BCUT2D eigenvalue weighted by Gasteiger charge is 2.15. The minimum absolute atomic E-state index is 0.0743. The summed E-state index contributed by atoms with van der Waals surface area (Å²) in [7, 11) is 0. The number of fused-ring (bicyclic) bond motifs is 1. The molecule has 0 atom stereocenters. The average molecular weight is 402 g/mol. The molecule has 3 aromatic heterocycles. The summed E-state index contributed by atoms with van der Waals surface area (Å²) < 4.78 is 7.08. The SMILES string of the molecule is O=c1cc(-c2ccnc(NC3CCOCC3)n2)ccn1Cc1ccc2cn[nH]c2c1. The number of H-pyrrole nitrogens is 1. The van der Waals surface area contributed by atoms with Gasteiger partial charge in [-0.25, -0.2) is 9.97 Å². The third kappa shape index (κ3) is 3.95. The Morgan fingerprint density at radius 1 is 1.17 bits per heavy atom. The molecule has 4 heterocycles. The van der Waals surface area contributed by atoms with E-state index < -0.39 is 0 Å². The first-order valence-corrected chi connectivity index (χ1v) is 10.0. The summed E-state index contributed by atoms with van der Waals surface area (Å²) in [4.78, 5) is 21.6. The Morgan fingerprint density at radius 3 is 2.93 bits per heavy atom. The molecule has 0 spiro atoms. The van der Waals surface area contributed by atoms with Crippen molar-refractivity contribution in [1.82, 2.24) is 24.7 Å². The number of hydrogen-bond donors (Lipinski definition) is 2. The lowest BCUT2D eigenvalue weighted by molar-refractivity contribution is 0.0903. The molecule has 1 aromatic carbocycles. The van der Waals surface area contributed by atoms with Gasteiger partial charge in [0.25, 0.3) is 5.56 Å². The van der Waals surface area contributed by atoms with Crippen LogP contribution in [0.2, 0.25) is 0 Å². The van der Waals surface area contributed by atoms with Gasteiger partial charge in [0.2, 0.25) is 5.95 Å². The Bertz CT molecular complexity index is 1230. The van der Waals surface area contributed by atoms with Crippen molar-refractivity contribution in [2.45, 2.75) is 25.4 Å². The lowest BCUT2D eigenvalue weighted by atomic mass is 10.1. The monoisotopic (exact) mass is 402 g/mol. The van der Waals surface area contributed by atoms with Crippen molar-refractivity contribution in [3.05, 3.63) is 70.9 Å². The summed E-state index contributed by atoms with van der Waals surface area (Å²) in [5.74, 6) is 0.580. The van der Waals surface area contributed by atoms with Gasteiger partial charge >= 0.3 is 0 Å². The number of nitrogens with one attached hydrogen (secondary N) is 2. The molecular formula is C22H22N6O2. The van der Waals surface area contributed by atoms with E-state index >= 15 is 0 Å². The molecule has 8 nitrogen and oxygen atoms in total. The summed E-state index contributed by atoms with van der Waals surface area (Å²) in [5, 5.41) is 11.4. The van der Waals surface area contributed by atoms with Gasteiger partial charge in [0.05, 0.1) is 24.0 Å². The zero-order chi connectivity index (χ0) is 20.3. The van der Waals surface area contributed by atoms with Crippen LogP contribution in [0.3, 0.4) is 0 Å². The van der Waals surface area contributed by atoms with Crippen molar-refractivity contribution in [2.75, 3.05) is 18.5 Å². The summed E-state index contributed by atoms with van der Waals surface area (Å²) >= 11 is 0. The smallest absolute Gasteiger partial charge is 0.251 e. The summed E-state index contributed by atoms with van der Waals surface area (Å²) in [5.41, 5.74) is 3.42. The minimum atomic E-state index is -0.0743. The topological polar surface area (TPSA) is 97.7 Å². The quantitative estimate of drug-likeness (QED) is 0.533. The van der Waals surface area contributed by atoms with Gasteiger partial charge in [-0.1, -0.05) is 12.1 Å². The van der Waals surface area contributed by atoms with E-state index in [-0.39, 0.29) is 5.56 Å². The average Bonchev–Trinajstić information content (AvgIpc) is 3.24. The fourth-order valence-corrected chi connectivity index (χ4v) is 3.69. The highest BCUT2D eigenvalue weighted by atomic mass is 16.5. The van der Waals surface area contributed by atoms with Gasteiger partial charge in [-0.2, -0.15) is 5.10 Å². The van der Waals surface area contributed by atoms with E-state index in [1.165, 1.54) is 0 Å². The number of nitrogens with zero attached hydrogens (tertiary/aromatic N) is 4. The van der Waals surface area contributed by atoms with Crippen molar-refractivity contribution in [1.29, 1.82) is 0 Å². The molecule has 5 rings (SSSR count). The molecule has 8 heteroatoms. The van der Waals surface area contributed by atoms with E-state index in [2.05, 4.69) is 25.5 Å². The fraction of sp³-hybridized carbons (Fsp3) is 0.273. The van der Waals surface area contributed by atoms with Crippen molar-refractivity contribution in [3.63, 3.8) is 0 Å². The zero-order valence-electron chi connectivity index (χ0n) is 16.4. The van der Waals surface area contributed by atoms with Gasteiger partial charge in [-0.05, 0) is 36.6 Å².